The van der Waals surface area contributed by atoms with Gasteiger partial charge in [-0.25, -0.2) is 0 Å². The minimum atomic E-state index is 0.228. The molecule has 1 rings (SSSR count). The van der Waals surface area contributed by atoms with E-state index in [0.717, 1.165) is 25.6 Å². The SMILES string of the molecule is CCCC1CC(NCCO)CN(CCN)C1. The third kappa shape index (κ3) is 4.78. The zero-order valence-electron chi connectivity index (χ0n) is 10.5. The van der Waals surface area contributed by atoms with Gasteiger partial charge in [0.1, 0.15) is 0 Å². The Labute approximate surface area is 99.2 Å². The molecule has 0 aliphatic carbocycles. The van der Waals surface area contributed by atoms with Gasteiger partial charge < -0.3 is 21.1 Å². The lowest BCUT2D eigenvalue weighted by molar-refractivity contribution is 0.135. The summed E-state index contributed by atoms with van der Waals surface area (Å²) in [6, 6.07) is 0.531. The molecule has 0 aromatic rings. The highest BCUT2D eigenvalue weighted by Gasteiger charge is 2.25. The Morgan fingerprint density at radius 1 is 1.44 bits per heavy atom. The number of aliphatic hydroxyl groups excluding tert-OH is 1. The molecule has 0 radical (unpaired) electrons. The maximum Gasteiger partial charge on any atom is 0.0556 e. The maximum atomic E-state index is 8.84. The van der Waals surface area contributed by atoms with Crippen LogP contribution < -0.4 is 11.1 Å². The van der Waals surface area contributed by atoms with Crippen LogP contribution in [0.3, 0.4) is 0 Å². The number of likely N-dealkylation sites (tertiary alicyclic amines) is 1. The molecule has 2 unspecified atom stereocenters. The second-order valence-corrected chi connectivity index (χ2v) is 4.81. The summed E-state index contributed by atoms with van der Waals surface area (Å²) in [5, 5.41) is 12.3. The molecule has 1 heterocycles. The lowest BCUT2D eigenvalue weighted by Gasteiger charge is -2.38. The van der Waals surface area contributed by atoms with Crippen LogP contribution in [0.1, 0.15) is 26.2 Å². The highest BCUT2D eigenvalue weighted by Crippen LogP contribution is 2.20. The number of rotatable bonds is 7. The van der Waals surface area contributed by atoms with Crippen molar-refractivity contribution in [2.75, 3.05) is 39.3 Å². The summed E-state index contributed by atoms with van der Waals surface area (Å²) in [4.78, 5) is 2.46. The third-order valence-corrected chi connectivity index (χ3v) is 3.30. The topological polar surface area (TPSA) is 61.5 Å². The van der Waals surface area contributed by atoms with E-state index in [4.69, 9.17) is 10.8 Å². The number of aliphatic hydroxyl groups is 1. The molecule has 0 bridgehead atoms. The van der Waals surface area contributed by atoms with Crippen molar-refractivity contribution in [2.45, 2.75) is 32.2 Å². The van der Waals surface area contributed by atoms with Crippen LogP contribution in [0.4, 0.5) is 0 Å². The molecular weight excluding hydrogens is 202 g/mol. The van der Waals surface area contributed by atoms with Crippen LogP contribution >= 0.6 is 0 Å². The van der Waals surface area contributed by atoms with Crippen LogP contribution in [0.15, 0.2) is 0 Å². The highest BCUT2D eigenvalue weighted by molar-refractivity contribution is 4.83. The summed E-state index contributed by atoms with van der Waals surface area (Å²) in [6.45, 7) is 7.20. The van der Waals surface area contributed by atoms with Gasteiger partial charge >= 0.3 is 0 Å². The van der Waals surface area contributed by atoms with Gasteiger partial charge in [-0.2, -0.15) is 0 Å². The van der Waals surface area contributed by atoms with Crippen LogP contribution in [0.25, 0.3) is 0 Å². The molecule has 96 valence electrons. The van der Waals surface area contributed by atoms with E-state index in [0.29, 0.717) is 12.6 Å². The van der Waals surface area contributed by atoms with E-state index in [-0.39, 0.29) is 6.61 Å². The van der Waals surface area contributed by atoms with Crippen molar-refractivity contribution in [3.63, 3.8) is 0 Å². The highest BCUT2D eigenvalue weighted by atomic mass is 16.3. The fourth-order valence-corrected chi connectivity index (χ4v) is 2.70. The lowest BCUT2D eigenvalue weighted by Crippen LogP contribution is -2.50. The average molecular weight is 229 g/mol. The summed E-state index contributed by atoms with van der Waals surface area (Å²) >= 11 is 0. The average Bonchev–Trinajstić information content (AvgIpc) is 2.27. The predicted octanol–water partition coefficient (Wildman–Crippen LogP) is 0.0176. The predicted molar refractivity (Wildman–Crippen MR) is 67.4 cm³/mol. The van der Waals surface area contributed by atoms with Gasteiger partial charge in [0.2, 0.25) is 0 Å². The van der Waals surface area contributed by atoms with Crippen LogP contribution in [0.5, 0.6) is 0 Å². The van der Waals surface area contributed by atoms with Crippen molar-refractivity contribution >= 4 is 0 Å². The van der Waals surface area contributed by atoms with Crippen molar-refractivity contribution in [1.82, 2.24) is 10.2 Å². The van der Waals surface area contributed by atoms with Gasteiger partial charge in [0.05, 0.1) is 6.61 Å². The third-order valence-electron chi connectivity index (χ3n) is 3.30. The first-order valence-electron chi connectivity index (χ1n) is 6.56. The molecule has 2 atom stereocenters. The van der Waals surface area contributed by atoms with E-state index in [1.165, 1.54) is 25.8 Å². The smallest absolute Gasteiger partial charge is 0.0556 e. The van der Waals surface area contributed by atoms with Gasteiger partial charge in [-0.3, -0.25) is 0 Å². The van der Waals surface area contributed by atoms with E-state index in [1.54, 1.807) is 0 Å². The van der Waals surface area contributed by atoms with Crippen LogP contribution in [0.2, 0.25) is 0 Å². The van der Waals surface area contributed by atoms with Gasteiger partial charge in [-0.15, -0.1) is 0 Å². The van der Waals surface area contributed by atoms with Crippen molar-refractivity contribution in [3.8, 4) is 0 Å². The van der Waals surface area contributed by atoms with E-state index >= 15 is 0 Å². The Balaban J connectivity index is 2.38. The molecule has 1 aliphatic heterocycles. The van der Waals surface area contributed by atoms with Gasteiger partial charge in [0.15, 0.2) is 0 Å². The van der Waals surface area contributed by atoms with Crippen molar-refractivity contribution in [3.05, 3.63) is 0 Å². The van der Waals surface area contributed by atoms with Crippen LogP contribution in [0, 0.1) is 5.92 Å². The minimum absolute atomic E-state index is 0.228. The Hall–Kier alpha value is -0.160. The van der Waals surface area contributed by atoms with Gasteiger partial charge in [0.25, 0.3) is 0 Å². The Kier molecular flexibility index (Phi) is 6.96. The summed E-state index contributed by atoms with van der Waals surface area (Å²) in [5.74, 6) is 0.793. The number of hydrogen-bond donors (Lipinski definition) is 3. The molecule has 0 saturated carbocycles. The Morgan fingerprint density at radius 3 is 2.88 bits per heavy atom. The zero-order chi connectivity index (χ0) is 11.8. The van der Waals surface area contributed by atoms with Gasteiger partial charge in [-0.1, -0.05) is 13.3 Å². The second-order valence-electron chi connectivity index (χ2n) is 4.81. The van der Waals surface area contributed by atoms with E-state index in [9.17, 15) is 0 Å². The summed E-state index contributed by atoms with van der Waals surface area (Å²) in [6.07, 6.45) is 3.81. The molecule has 0 aromatic carbocycles. The molecule has 16 heavy (non-hydrogen) atoms. The van der Waals surface area contributed by atoms with Crippen molar-refractivity contribution in [2.24, 2.45) is 11.7 Å². The Morgan fingerprint density at radius 2 is 2.25 bits per heavy atom. The fourth-order valence-electron chi connectivity index (χ4n) is 2.70. The molecule has 4 heteroatoms. The summed E-state index contributed by atoms with van der Waals surface area (Å²) in [5.41, 5.74) is 5.62. The minimum Gasteiger partial charge on any atom is -0.395 e. The van der Waals surface area contributed by atoms with Crippen LogP contribution in [-0.2, 0) is 0 Å². The molecule has 1 fully saturated rings. The number of nitrogens with one attached hydrogen (secondary N) is 1. The molecule has 4 N–H and O–H groups in total. The monoisotopic (exact) mass is 229 g/mol. The molecule has 1 saturated heterocycles. The van der Waals surface area contributed by atoms with Crippen LogP contribution in [-0.4, -0.2) is 55.4 Å². The summed E-state index contributed by atoms with van der Waals surface area (Å²) < 4.78 is 0. The molecule has 1 aliphatic rings. The molecule has 4 nitrogen and oxygen atoms in total. The van der Waals surface area contributed by atoms with Crippen molar-refractivity contribution < 1.29 is 5.11 Å². The standard InChI is InChI=1S/C12H27N3O/c1-2-3-11-8-12(14-5-7-16)10-15(9-11)6-4-13/h11-12,14,16H,2-10,13H2,1H3. The zero-order valence-corrected chi connectivity index (χ0v) is 10.5. The van der Waals surface area contributed by atoms with E-state index in [1.807, 2.05) is 0 Å². The first-order valence-corrected chi connectivity index (χ1v) is 6.56. The summed E-state index contributed by atoms with van der Waals surface area (Å²) in [7, 11) is 0. The number of piperidine rings is 1. The largest absolute Gasteiger partial charge is 0.395 e. The first kappa shape index (κ1) is 13.9. The molecule has 0 aromatic heterocycles. The normalized spacial score (nSPS) is 27.2. The fraction of sp³-hybridized carbons (Fsp3) is 1.00. The second kappa shape index (κ2) is 8.01. The van der Waals surface area contributed by atoms with Gasteiger partial charge in [0, 0.05) is 38.8 Å². The lowest BCUT2D eigenvalue weighted by atomic mass is 9.90. The molecular formula is C12H27N3O. The van der Waals surface area contributed by atoms with Gasteiger partial charge in [-0.05, 0) is 18.8 Å². The van der Waals surface area contributed by atoms with E-state index < -0.39 is 0 Å². The Bertz CT molecular complexity index is 164. The number of nitrogens with two attached hydrogens (primary N) is 1. The maximum absolute atomic E-state index is 8.84. The number of hydrogen-bond acceptors (Lipinski definition) is 4. The quantitative estimate of drug-likeness (QED) is 0.576. The van der Waals surface area contributed by atoms with E-state index in [2.05, 4.69) is 17.1 Å². The first-order chi connectivity index (χ1) is 7.80. The molecule has 0 spiro atoms. The number of nitrogens with zero attached hydrogens (tertiary/aromatic N) is 1. The van der Waals surface area contributed by atoms with Crippen molar-refractivity contribution in [1.29, 1.82) is 0 Å². The molecule has 0 amide bonds.